The fourth-order valence-corrected chi connectivity index (χ4v) is 1.42. The molecule has 0 amide bonds. The molecule has 0 saturated heterocycles. The van der Waals surface area contributed by atoms with E-state index in [-0.39, 0.29) is 18.4 Å². The van der Waals surface area contributed by atoms with Crippen LogP contribution in [-0.2, 0) is 0 Å². The van der Waals surface area contributed by atoms with Crippen LogP contribution in [0.1, 0.15) is 31.0 Å². The molecule has 2 N–H and O–H groups in total. The first kappa shape index (κ1) is 13.3. The summed E-state index contributed by atoms with van der Waals surface area (Å²) in [5.74, 6) is 0.921. The maximum Gasteiger partial charge on any atom is 0.119 e. The Balaban J connectivity index is 0.00000169. The van der Waals surface area contributed by atoms with Gasteiger partial charge in [0.25, 0.3) is 0 Å². The lowest BCUT2D eigenvalue weighted by Gasteiger charge is -2.11. The molecule has 0 fully saturated rings. The molecule has 80 valence electrons. The number of ether oxygens (including phenoxy) is 1. The Hall–Kier alpha value is -0.730. The number of nitrogens with two attached hydrogens (primary N) is 1. The van der Waals surface area contributed by atoms with Crippen molar-refractivity contribution < 1.29 is 4.74 Å². The molecule has 1 aromatic rings. The average Bonchev–Trinajstić information content (AvgIpc) is 2.04. The summed E-state index contributed by atoms with van der Waals surface area (Å²) in [6, 6.07) is 6.12. The zero-order valence-corrected chi connectivity index (χ0v) is 9.73. The minimum Gasteiger partial charge on any atom is -0.494 e. The van der Waals surface area contributed by atoms with E-state index < -0.39 is 0 Å². The third kappa shape index (κ3) is 3.20. The van der Waals surface area contributed by atoms with Gasteiger partial charge in [-0.15, -0.1) is 12.4 Å². The zero-order valence-electron chi connectivity index (χ0n) is 8.91. The van der Waals surface area contributed by atoms with Gasteiger partial charge in [-0.05, 0) is 44.0 Å². The van der Waals surface area contributed by atoms with Crippen LogP contribution in [0.2, 0.25) is 0 Å². The number of hydrogen-bond donors (Lipinski definition) is 1. The Morgan fingerprint density at radius 1 is 1.43 bits per heavy atom. The fourth-order valence-electron chi connectivity index (χ4n) is 1.42. The van der Waals surface area contributed by atoms with Crippen molar-refractivity contribution in [2.24, 2.45) is 5.73 Å². The Bertz CT molecular complexity index is 287. The van der Waals surface area contributed by atoms with Crippen molar-refractivity contribution in [2.75, 3.05) is 6.61 Å². The van der Waals surface area contributed by atoms with E-state index >= 15 is 0 Å². The van der Waals surface area contributed by atoms with Crippen molar-refractivity contribution >= 4 is 12.4 Å². The second-order valence-electron chi connectivity index (χ2n) is 3.24. The minimum atomic E-state index is 0. The maximum absolute atomic E-state index is 5.80. The fraction of sp³-hybridized carbons (Fsp3) is 0.455. The van der Waals surface area contributed by atoms with Gasteiger partial charge in [-0.25, -0.2) is 0 Å². The van der Waals surface area contributed by atoms with Crippen LogP contribution < -0.4 is 10.5 Å². The first-order valence-corrected chi connectivity index (χ1v) is 4.64. The van der Waals surface area contributed by atoms with E-state index in [1.54, 1.807) is 0 Å². The van der Waals surface area contributed by atoms with Gasteiger partial charge in [0.05, 0.1) is 6.61 Å². The molecule has 0 saturated carbocycles. The third-order valence-corrected chi connectivity index (χ3v) is 2.04. The highest BCUT2D eigenvalue weighted by Gasteiger charge is 2.03. The second kappa shape index (κ2) is 5.89. The standard InChI is InChI=1S/C11H17NO.ClH/c1-4-13-10-5-6-11(9(3)12)8(2)7-10;/h5-7,9H,4,12H2,1-3H3;1H. The normalized spacial score (nSPS) is 11.7. The van der Waals surface area contributed by atoms with Gasteiger partial charge >= 0.3 is 0 Å². The van der Waals surface area contributed by atoms with Crippen LogP contribution in [0.4, 0.5) is 0 Å². The smallest absolute Gasteiger partial charge is 0.119 e. The van der Waals surface area contributed by atoms with Gasteiger partial charge < -0.3 is 10.5 Å². The van der Waals surface area contributed by atoms with Crippen LogP contribution in [0.3, 0.4) is 0 Å². The summed E-state index contributed by atoms with van der Waals surface area (Å²) in [7, 11) is 0. The van der Waals surface area contributed by atoms with Crippen molar-refractivity contribution in [1.29, 1.82) is 0 Å². The van der Waals surface area contributed by atoms with Gasteiger partial charge in [-0.1, -0.05) is 6.07 Å². The summed E-state index contributed by atoms with van der Waals surface area (Å²) in [6.07, 6.45) is 0. The van der Waals surface area contributed by atoms with Gasteiger partial charge in [-0.3, -0.25) is 0 Å². The Morgan fingerprint density at radius 3 is 2.50 bits per heavy atom. The van der Waals surface area contributed by atoms with Gasteiger partial charge in [0.2, 0.25) is 0 Å². The van der Waals surface area contributed by atoms with Gasteiger partial charge in [0.15, 0.2) is 0 Å². The van der Waals surface area contributed by atoms with Crippen molar-refractivity contribution in [2.45, 2.75) is 26.8 Å². The van der Waals surface area contributed by atoms with E-state index in [1.165, 1.54) is 11.1 Å². The Kier molecular flexibility index (Phi) is 5.58. The number of rotatable bonds is 3. The summed E-state index contributed by atoms with van der Waals surface area (Å²) >= 11 is 0. The van der Waals surface area contributed by atoms with Crippen molar-refractivity contribution in [3.8, 4) is 5.75 Å². The first-order valence-electron chi connectivity index (χ1n) is 4.64. The maximum atomic E-state index is 5.80. The van der Waals surface area contributed by atoms with Crippen molar-refractivity contribution in [3.05, 3.63) is 29.3 Å². The van der Waals surface area contributed by atoms with Gasteiger partial charge in [-0.2, -0.15) is 0 Å². The number of halogens is 1. The number of hydrogen-bond acceptors (Lipinski definition) is 2. The van der Waals surface area contributed by atoms with Crippen LogP contribution >= 0.6 is 12.4 Å². The highest BCUT2D eigenvalue weighted by Crippen LogP contribution is 2.20. The largest absolute Gasteiger partial charge is 0.494 e. The van der Waals surface area contributed by atoms with Gasteiger partial charge in [0.1, 0.15) is 5.75 Å². The molecule has 1 atom stereocenters. The molecule has 14 heavy (non-hydrogen) atoms. The third-order valence-electron chi connectivity index (χ3n) is 2.04. The van der Waals surface area contributed by atoms with E-state index in [9.17, 15) is 0 Å². The number of benzene rings is 1. The van der Waals surface area contributed by atoms with E-state index in [1.807, 2.05) is 32.0 Å². The van der Waals surface area contributed by atoms with E-state index in [4.69, 9.17) is 10.5 Å². The molecule has 3 heteroatoms. The topological polar surface area (TPSA) is 35.2 Å². The van der Waals surface area contributed by atoms with Crippen LogP contribution in [-0.4, -0.2) is 6.61 Å². The van der Waals surface area contributed by atoms with E-state index in [0.717, 1.165) is 5.75 Å². The van der Waals surface area contributed by atoms with E-state index in [0.29, 0.717) is 6.61 Å². The van der Waals surface area contributed by atoms with E-state index in [2.05, 4.69) is 6.92 Å². The molecule has 0 bridgehead atoms. The SMILES string of the molecule is CCOc1ccc(C(C)N)c(C)c1.Cl. The summed E-state index contributed by atoms with van der Waals surface area (Å²) in [5, 5.41) is 0. The summed E-state index contributed by atoms with van der Waals surface area (Å²) < 4.78 is 5.38. The van der Waals surface area contributed by atoms with Crippen LogP contribution in [0, 0.1) is 6.92 Å². The molecular formula is C11H18ClNO. The highest BCUT2D eigenvalue weighted by molar-refractivity contribution is 5.85. The van der Waals surface area contributed by atoms with Crippen molar-refractivity contribution in [1.82, 2.24) is 0 Å². The summed E-state index contributed by atoms with van der Waals surface area (Å²) in [4.78, 5) is 0. The summed E-state index contributed by atoms with van der Waals surface area (Å²) in [6.45, 7) is 6.73. The first-order chi connectivity index (χ1) is 6.15. The second-order valence-corrected chi connectivity index (χ2v) is 3.24. The zero-order chi connectivity index (χ0) is 9.84. The molecule has 0 aromatic heterocycles. The lowest BCUT2D eigenvalue weighted by molar-refractivity contribution is 0.340. The molecule has 0 aliphatic carbocycles. The lowest BCUT2D eigenvalue weighted by atomic mass is 10.0. The molecule has 0 heterocycles. The lowest BCUT2D eigenvalue weighted by Crippen LogP contribution is -2.06. The van der Waals surface area contributed by atoms with Crippen LogP contribution in [0.5, 0.6) is 5.75 Å². The van der Waals surface area contributed by atoms with Crippen LogP contribution in [0.15, 0.2) is 18.2 Å². The monoisotopic (exact) mass is 215 g/mol. The number of aryl methyl sites for hydroxylation is 1. The molecule has 0 aliphatic rings. The molecule has 0 aliphatic heterocycles. The summed E-state index contributed by atoms with van der Waals surface area (Å²) in [5.41, 5.74) is 8.18. The average molecular weight is 216 g/mol. The molecule has 0 radical (unpaired) electrons. The van der Waals surface area contributed by atoms with Gasteiger partial charge in [0, 0.05) is 6.04 Å². The highest BCUT2D eigenvalue weighted by atomic mass is 35.5. The van der Waals surface area contributed by atoms with Crippen LogP contribution in [0.25, 0.3) is 0 Å². The predicted octanol–water partition coefficient (Wildman–Crippen LogP) is 2.84. The molecule has 1 rings (SSSR count). The predicted molar refractivity (Wildman–Crippen MR) is 62.2 cm³/mol. The Labute approximate surface area is 91.9 Å². The Morgan fingerprint density at radius 2 is 2.07 bits per heavy atom. The quantitative estimate of drug-likeness (QED) is 0.842. The molecule has 1 aromatic carbocycles. The molecule has 1 unspecified atom stereocenters. The minimum absolute atomic E-state index is 0. The molecule has 0 spiro atoms. The molecular weight excluding hydrogens is 198 g/mol. The van der Waals surface area contributed by atoms with Crippen molar-refractivity contribution in [3.63, 3.8) is 0 Å². The molecule has 2 nitrogen and oxygen atoms in total.